The van der Waals surface area contributed by atoms with Gasteiger partial charge in [-0.15, -0.1) is 0 Å². The summed E-state index contributed by atoms with van der Waals surface area (Å²) in [4.78, 5) is 3.83. The molecule has 0 bridgehead atoms. The molecule has 0 saturated heterocycles. The third kappa shape index (κ3) is 2.71. The van der Waals surface area contributed by atoms with Crippen LogP contribution in [-0.2, 0) is 12.6 Å². The normalized spacial score (nSPS) is 21.1. The van der Waals surface area contributed by atoms with Gasteiger partial charge >= 0.3 is 6.18 Å². The van der Waals surface area contributed by atoms with E-state index in [0.29, 0.717) is 5.82 Å². The summed E-state index contributed by atoms with van der Waals surface area (Å²) in [6.45, 7) is 0. The van der Waals surface area contributed by atoms with Crippen molar-refractivity contribution in [2.45, 2.75) is 24.7 Å². The van der Waals surface area contributed by atoms with Gasteiger partial charge in [-0.25, -0.2) is 4.98 Å². The van der Waals surface area contributed by atoms with Crippen molar-refractivity contribution in [2.75, 3.05) is 5.32 Å². The minimum atomic E-state index is -4.37. The molecule has 2 unspecified atom stereocenters. The van der Waals surface area contributed by atoms with Crippen LogP contribution in [0.2, 0.25) is 0 Å². The number of nitrogens with two attached hydrogens (primary N) is 1. The van der Waals surface area contributed by atoms with E-state index in [1.54, 1.807) is 0 Å². The van der Waals surface area contributed by atoms with Crippen LogP contribution in [0, 0.1) is 0 Å². The van der Waals surface area contributed by atoms with E-state index in [1.165, 1.54) is 6.07 Å². The third-order valence-electron chi connectivity index (χ3n) is 3.67. The van der Waals surface area contributed by atoms with Crippen molar-refractivity contribution < 1.29 is 13.2 Å². The van der Waals surface area contributed by atoms with E-state index >= 15 is 0 Å². The molecule has 0 amide bonds. The minimum absolute atomic E-state index is 0.119. The lowest BCUT2D eigenvalue weighted by Gasteiger charge is -2.19. The highest BCUT2D eigenvalue weighted by atomic mass is 19.4. The van der Waals surface area contributed by atoms with Crippen LogP contribution in [0.25, 0.3) is 0 Å². The van der Waals surface area contributed by atoms with Crippen LogP contribution in [0.15, 0.2) is 42.6 Å². The topological polar surface area (TPSA) is 50.9 Å². The highest BCUT2D eigenvalue weighted by molar-refractivity contribution is 5.46. The molecule has 0 fully saturated rings. The molecule has 2 atom stereocenters. The predicted octanol–water partition coefficient (Wildman–Crippen LogP) is 3.14. The average molecular weight is 293 g/mol. The molecule has 1 aromatic carbocycles. The number of benzene rings is 1. The molecule has 3 N–H and O–H groups in total. The number of pyridine rings is 1. The molecule has 110 valence electrons. The Balaban J connectivity index is 1.81. The van der Waals surface area contributed by atoms with E-state index in [0.717, 1.165) is 29.8 Å². The van der Waals surface area contributed by atoms with Gasteiger partial charge in [0.2, 0.25) is 0 Å². The Morgan fingerprint density at radius 2 is 1.90 bits per heavy atom. The van der Waals surface area contributed by atoms with Crippen molar-refractivity contribution in [1.29, 1.82) is 0 Å². The molecule has 0 spiro atoms. The molecule has 1 aliphatic rings. The Kier molecular flexibility index (Phi) is 3.33. The fraction of sp³-hybridized carbons (Fsp3) is 0.267. The number of hydrogen-bond donors (Lipinski definition) is 2. The van der Waals surface area contributed by atoms with Crippen molar-refractivity contribution in [1.82, 2.24) is 4.98 Å². The van der Waals surface area contributed by atoms with E-state index in [1.807, 2.05) is 24.3 Å². The van der Waals surface area contributed by atoms with Gasteiger partial charge in [-0.3, -0.25) is 0 Å². The number of nitrogens with one attached hydrogen (secondary N) is 1. The number of rotatable bonds is 2. The lowest BCUT2D eigenvalue weighted by Crippen LogP contribution is -2.30. The summed E-state index contributed by atoms with van der Waals surface area (Å²) in [5.74, 6) is 0.389. The molecular weight excluding hydrogens is 279 g/mol. The molecule has 0 radical (unpaired) electrons. The molecule has 3 nitrogen and oxygen atoms in total. The summed E-state index contributed by atoms with van der Waals surface area (Å²) in [7, 11) is 0. The van der Waals surface area contributed by atoms with Crippen LogP contribution in [0.4, 0.5) is 19.0 Å². The van der Waals surface area contributed by atoms with Crippen LogP contribution in [0.1, 0.15) is 22.7 Å². The van der Waals surface area contributed by atoms with Crippen molar-refractivity contribution in [2.24, 2.45) is 5.73 Å². The molecular formula is C15H14F3N3. The number of anilines is 1. The Labute approximate surface area is 120 Å². The maximum Gasteiger partial charge on any atom is 0.417 e. The first-order valence-corrected chi connectivity index (χ1v) is 6.58. The van der Waals surface area contributed by atoms with Crippen molar-refractivity contribution in [3.63, 3.8) is 0 Å². The number of aromatic nitrogens is 1. The van der Waals surface area contributed by atoms with Gasteiger partial charge in [-0.1, -0.05) is 24.3 Å². The summed E-state index contributed by atoms with van der Waals surface area (Å²) < 4.78 is 37.5. The summed E-state index contributed by atoms with van der Waals surface area (Å²) in [5, 5.41) is 3.12. The number of nitrogens with zero attached hydrogens (tertiary/aromatic N) is 1. The molecule has 2 aromatic rings. The predicted molar refractivity (Wildman–Crippen MR) is 73.7 cm³/mol. The Bertz CT molecular complexity index is 637. The lowest BCUT2D eigenvalue weighted by molar-refractivity contribution is -0.137. The van der Waals surface area contributed by atoms with Crippen LogP contribution in [0.5, 0.6) is 0 Å². The molecule has 21 heavy (non-hydrogen) atoms. The van der Waals surface area contributed by atoms with Gasteiger partial charge in [-0.2, -0.15) is 13.2 Å². The van der Waals surface area contributed by atoms with E-state index in [9.17, 15) is 13.2 Å². The Morgan fingerprint density at radius 1 is 1.14 bits per heavy atom. The van der Waals surface area contributed by atoms with Crippen LogP contribution < -0.4 is 11.1 Å². The largest absolute Gasteiger partial charge is 0.417 e. The SMILES string of the molecule is NC1Cc2ccccc2C1Nc1ccc(C(F)(F)F)cn1. The van der Waals surface area contributed by atoms with Gasteiger partial charge in [0.1, 0.15) is 5.82 Å². The molecule has 0 saturated carbocycles. The molecule has 0 aliphatic heterocycles. The molecule has 3 rings (SSSR count). The first kappa shape index (κ1) is 13.9. The van der Waals surface area contributed by atoms with Gasteiger partial charge in [0.25, 0.3) is 0 Å². The van der Waals surface area contributed by atoms with E-state index < -0.39 is 11.7 Å². The first-order valence-electron chi connectivity index (χ1n) is 6.58. The number of alkyl halides is 3. The van der Waals surface area contributed by atoms with Gasteiger partial charge in [0, 0.05) is 12.2 Å². The molecule has 1 heterocycles. The lowest BCUT2D eigenvalue weighted by atomic mass is 10.1. The second-order valence-corrected chi connectivity index (χ2v) is 5.12. The average Bonchev–Trinajstić information content (AvgIpc) is 2.75. The monoisotopic (exact) mass is 293 g/mol. The highest BCUT2D eigenvalue weighted by Crippen LogP contribution is 2.33. The van der Waals surface area contributed by atoms with Crippen molar-refractivity contribution in [3.8, 4) is 0 Å². The number of halogens is 3. The summed E-state index contributed by atoms with van der Waals surface area (Å²) in [5.41, 5.74) is 7.58. The van der Waals surface area contributed by atoms with E-state index in [4.69, 9.17) is 5.73 Å². The molecule has 1 aromatic heterocycles. The minimum Gasteiger partial charge on any atom is -0.362 e. The van der Waals surface area contributed by atoms with Crippen molar-refractivity contribution in [3.05, 3.63) is 59.3 Å². The van der Waals surface area contributed by atoms with Gasteiger partial charge < -0.3 is 11.1 Å². The fourth-order valence-corrected chi connectivity index (χ4v) is 2.62. The number of hydrogen-bond acceptors (Lipinski definition) is 3. The Hall–Kier alpha value is -2.08. The zero-order chi connectivity index (χ0) is 15.0. The summed E-state index contributed by atoms with van der Waals surface area (Å²) >= 11 is 0. The maximum absolute atomic E-state index is 12.5. The standard InChI is InChI=1S/C15H14F3N3/c16-15(17,18)10-5-6-13(20-8-10)21-14-11-4-2-1-3-9(11)7-12(14)19/h1-6,8,12,14H,7,19H2,(H,20,21). The molecule has 6 heteroatoms. The summed E-state index contributed by atoms with van der Waals surface area (Å²) in [6, 6.07) is 9.95. The van der Waals surface area contributed by atoms with Gasteiger partial charge in [-0.05, 0) is 29.7 Å². The quantitative estimate of drug-likeness (QED) is 0.894. The second-order valence-electron chi connectivity index (χ2n) is 5.12. The highest BCUT2D eigenvalue weighted by Gasteiger charge is 2.32. The van der Waals surface area contributed by atoms with Crippen LogP contribution >= 0.6 is 0 Å². The number of fused-ring (bicyclic) bond motifs is 1. The molecule has 1 aliphatic carbocycles. The third-order valence-corrected chi connectivity index (χ3v) is 3.67. The van der Waals surface area contributed by atoms with Crippen LogP contribution in [0.3, 0.4) is 0 Å². The van der Waals surface area contributed by atoms with Gasteiger partial charge in [0.15, 0.2) is 0 Å². The van der Waals surface area contributed by atoms with E-state index in [-0.39, 0.29) is 12.1 Å². The van der Waals surface area contributed by atoms with Crippen molar-refractivity contribution >= 4 is 5.82 Å². The van der Waals surface area contributed by atoms with E-state index in [2.05, 4.69) is 10.3 Å². The maximum atomic E-state index is 12.5. The van der Waals surface area contributed by atoms with Gasteiger partial charge in [0.05, 0.1) is 11.6 Å². The second kappa shape index (κ2) is 5.04. The van der Waals surface area contributed by atoms with Crippen LogP contribution in [-0.4, -0.2) is 11.0 Å². The Morgan fingerprint density at radius 3 is 2.57 bits per heavy atom. The smallest absolute Gasteiger partial charge is 0.362 e. The fourth-order valence-electron chi connectivity index (χ4n) is 2.62. The zero-order valence-corrected chi connectivity index (χ0v) is 11.1. The zero-order valence-electron chi connectivity index (χ0n) is 11.1. The summed E-state index contributed by atoms with van der Waals surface area (Å²) in [6.07, 6.45) is -2.80. The first-order chi connectivity index (χ1) is 9.95.